The lowest BCUT2D eigenvalue weighted by molar-refractivity contribution is 0.0956. The first-order valence-electron chi connectivity index (χ1n) is 4.50. The third-order valence-electron chi connectivity index (χ3n) is 1.68. The third-order valence-corrected chi connectivity index (χ3v) is 2.40. The van der Waals surface area contributed by atoms with Crippen LogP contribution in [0.15, 0.2) is 30.3 Å². The van der Waals surface area contributed by atoms with Crippen LogP contribution in [0, 0.1) is 5.41 Å². The van der Waals surface area contributed by atoms with Crippen LogP contribution >= 0.6 is 11.8 Å². The molecule has 0 bridgehead atoms. The van der Waals surface area contributed by atoms with Gasteiger partial charge in [-0.15, -0.1) is 0 Å². The lowest BCUT2D eigenvalue weighted by atomic mass is 10.2. The van der Waals surface area contributed by atoms with E-state index < -0.39 is 0 Å². The maximum Gasteiger partial charge on any atom is 0.251 e. The van der Waals surface area contributed by atoms with Gasteiger partial charge in [-0.05, 0) is 12.1 Å². The summed E-state index contributed by atoms with van der Waals surface area (Å²) in [6.07, 6.45) is 0. The lowest BCUT2D eigenvalue weighted by Crippen LogP contribution is -2.26. The first-order chi connectivity index (χ1) is 7.20. The fraction of sp³-hybridized carbons (Fsp3) is 0.200. The highest BCUT2D eigenvalue weighted by molar-refractivity contribution is 8.13. The van der Waals surface area contributed by atoms with Crippen LogP contribution in [0.5, 0.6) is 0 Å². The Labute approximate surface area is 92.8 Å². The van der Waals surface area contributed by atoms with Crippen molar-refractivity contribution in [3.8, 4) is 0 Å². The van der Waals surface area contributed by atoms with Crippen LogP contribution in [0.3, 0.4) is 0 Å². The van der Waals surface area contributed by atoms with E-state index in [0.29, 0.717) is 17.9 Å². The Balaban J connectivity index is 2.28. The van der Waals surface area contributed by atoms with Crippen molar-refractivity contribution in [2.24, 2.45) is 5.73 Å². The van der Waals surface area contributed by atoms with Crippen molar-refractivity contribution in [3.63, 3.8) is 0 Å². The highest BCUT2D eigenvalue weighted by Gasteiger charge is 2.02. The van der Waals surface area contributed by atoms with E-state index in [2.05, 4.69) is 5.32 Å². The van der Waals surface area contributed by atoms with Gasteiger partial charge < -0.3 is 11.1 Å². The number of hydrogen-bond acceptors (Lipinski definition) is 3. The summed E-state index contributed by atoms with van der Waals surface area (Å²) in [6, 6.07) is 9.02. The van der Waals surface area contributed by atoms with E-state index in [-0.39, 0.29) is 11.1 Å². The van der Waals surface area contributed by atoms with E-state index in [1.165, 1.54) is 11.8 Å². The summed E-state index contributed by atoms with van der Waals surface area (Å²) < 4.78 is 0. The van der Waals surface area contributed by atoms with Gasteiger partial charge in [-0.2, -0.15) is 0 Å². The highest BCUT2D eigenvalue weighted by Crippen LogP contribution is 1.99. The quantitative estimate of drug-likeness (QED) is 0.405. The fourth-order valence-electron chi connectivity index (χ4n) is 1.02. The van der Waals surface area contributed by atoms with Crippen molar-refractivity contribution in [2.45, 2.75) is 0 Å². The molecule has 4 N–H and O–H groups in total. The van der Waals surface area contributed by atoms with E-state index in [9.17, 15) is 4.79 Å². The van der Waals surface area contributed by atoms with Gasteiger partial charge in [0.1, 0.15) is 0 Å². The summed E-state index contributed by atoms with van der Waals surface area (Å²) >= 11 is 1.21. The minimum Gasteiger partial charge on any atom is -0.379 e. The maximum atomic E-state index is 11.5. The molecular formula is C10H13N3OS. The summed E-state index contributed by atoms with van der Waals surface area (Å²) in [5, 5.41) is 9.79. The molecule has 0 fully saturated rings. The summed E-state index contributed by atoms with van der Waals surface area (Å²) in [5.41, 5.74) is 5.80. The number of thioether (sulfide) groups is 1. The molecule has 1 aromatic rings. The standard InChI is InChI=1S/C10H13N3OS/c11-10(12)15-7-6-13-9(14)8-4-2-1-3-5-8/h1-5H,6-7H2,(H3,11,12)(H,13,14). The number of carbonyl (C=O) groups excluding carboxylic acids is 1. The van der Waals surface area contributed by atoms with Crippen molar-refractivity contribution < 1.29 is 4.79 Å². The molecule has 0 heterocycles. The number of benzene rings is 1. The molecule has 1 amide bonds. The highest BCUT2D eigenvalue weighted by atomic mass is 32.2. The summed E-state index contributed by atoms with van der Waals surface area (Å²) in [4.78, 5) is 11.5. The minimum absolute atomic E-state index is 0.0731. The van der Waals surface area contributed by atoms with Crippen molar-refractivity contribution in [3.05, 3.63) is 35.9 Å². The average molecular weight is 223 g/mol. The second-order valence-corrected chi connectivity index (χ2v) is 3.97. The summed E-state index contributed by atoms with van der Waals surface area (Å²) in [6.45, 7) is 0.512. The number of carbonyl (C=O) groups is 1. The average Bonchev–Trinajstić information content (AvgIpc) is 2.25. The number of nitrogens with one attached hydrogen (secondary N) is 2. The van der Waals surface area contributed by atoms with E-state index in [4.69, 9.17) is 11.1 Å². The van der Waals surface area contributed by atoms with Gasteiger partial charge in [0.25, 0.3) is 5.91 Å². The van der Waals surface area contributed by atoms with Gasteiger partial charge in [-0.25, -0.2) is 0 Å². The number of hydrogen-bond donors (Lipinski definition) is 3. The van der Waals surface area contributed by atoms with Gasteiger partial charge in [0.15, 0.2) is 5.17 Å². The van der Waals surface area contributed by atoms with Crippen LogP contribution in [0.1, 0.15) is 10.4 Å². The lowest BCUT2D eigenvalue weighted by Gasteiger charge is -2.03. The van der Waals surface area contributed by atoms with Crippen molar-refractivity contribution >= 4 is 22.8 Å². The zero-order valence-corrected chi connectivity index (χ0v) is 9.01. The van der Waals surface area contributed by atoms with Crippen LogP contribution in [0.25, 0.3) is 0 Å². The molecule has 4 nitrogen and oxygen atoms in total. The molecule has 5 heteroatoms. The zero-order chi connectivity index (χ0) is 11.1. The second kappa shape index (κ2) is 6.08. The van der Waals surface area contributed by atoms with Gasteiger partial charge in [0.2, 0.25) is 0 Å². The predicted octanol–water partition coefficient (Wildman–Crippen LogP) is 1.04. The number of rotatable bonds is 4. The van der Waals surface area contributed by atoms with Crippen LogP contribution in [-0.4, -0.2) is 23.4 Å². The van der Waals surface area contributed by atoms with E-state index in [0.717, 1.165) is 0 Å². The molecule has 0 unspecified atom stereocenters. The largest absolute Gasteiger partial charge is 0.379 e. The van der Waals surface area contributed by atoms with Gasteiger partial charge >= 0.3 is 0 Å². The SMILES string of the molecule is N=C(N)SCCNC(=O)c1ccccc1. The van der Waals surface area contributed by atoms with Crippen molar-refractivity contribution in [1.82, 2.24) is 5.32 Å². The molecule has 1 rings (SSSR count). The molecule has 0 saturated heterocycles. The van der Waals surface area contributed by atoms with E-state index in [1.807, 2.05) is 18.2 Å². The number of amidine groups is 1. The van der Waals surface area contributed by atoms with Crippen molar-refractivity contribution in [2.75, 3.05) is 12.3 Å². The Morgan fingerprint density at radius 3 is 2.67 bits per heavy atom. The smallest absolute Gasteiger partial charge is 0.251 e. The molecule has 1 aromatic carbocycles. The van der Waals surface area contributed by atoms with Crippen LogP contribution in [0.2, 0.25) is 0 Å². The third kappa shape index (κ3) is 4.51. The molecule has 0 aliphatic rings. The van der Waals surface area contributed by atoms with Gasteiger partial charge in [-0.1, -0.05) is 30.0 Å². The van der Waals surface area contributed by atoms with E-state index >= 15 is 0 Å². The molecule has 0 radical (unpaired) electrons. The van der Waals surface area contributed by atoms with E-state index in [1.54, 1.807) is 12.1 Å². The normalized spacial score (nSPS) is 9.60. The second-order valence-electron chi connectivity index (χ2n) is 2.83. The first-order valence-corrected chi connectivity index (χ1v) is 5.49. The maximum absolute atomic E-state index is 11.5. The fourth-order valence-corrected chi connectivity index (χ4v) is 1.44. The molecule has 0 aromatic heterocycles. The van der Waals surface area contributed by atoms with Crippen LogP contribution in [0.4, 0.5) is 0 Å². The topological polar surface area (TPSA) is 79.0 Å². The zero-order valence-electron chi connectivity index (χ0n) is 8.19. The minimum atomic E-state index is -0.0975. The predicted molar refractivity (Wildman–Crippen MR) is 63.1 cm³/mol. The monoisotopic (exact) mass is 223 g/mol. The molecule has 0 atom stereocenters. The molecule has 15 heavy (non-hydrogen) atoms. The first kappa shape index (κ1) is 11.6. The molecule has 0 saturated carbocycles. The Morgan fingerprint density at radius 1 is 1.40 bits per heavy atom. The molecule has 80 valence electrons. The van der Waals surface area contributed by atoms with Gasteiger partial charge in [0, 0.05) is 17.9 Å². The van der Waals surface area contributed by atoms with Crippen LogP contribution in [-0.2, 0) is 0 Å². The summed E-state index contributed by atoms with van der Waals surface area (Å²) in [5.74, 6) is 0.522. The van der Waals surface area contributed by atoms with Gasteiger partial charge in [-0.3, -0.25) is 10.2 Å². The Bertz CT molecular complexity index is 340. The molecular weight excluding hydrogens is 210 g/mol. The van der Waals surface area contributed by atoms with Crippen LogP contribution < -0.4 is 11.1 Å². The Kier molecular flexibility index (Phi) is 4.70. The Hall–Kier alpha value is -1.49. The van der Waals surface area contributed by atoms with Crippen molar-refractivity contribution in [1.29, 1.82) is 5.41 Å². The number of amides is 1. The molecule has 0 spiro atoms. The summed E-state index contributed by atoms with van der Waals surface area (Å²) in [7, 11) is 0. The Morgan fingerprint density at radius 2 is 2.07 bits per heavy atom. The molecule has 0 aliphatic heterocycles. The van der Waals surface area contributed by atoms with Gasteiger partial charge in [0.05, 0.1) is 0 Å². The molecule has 0 aliphatic carbocycles. The number of nitrogens with two attached hydrogens (primary N) is 1.